The van der Waals surface area contributed by atoms with E-state index in [-0.39, 0.29) is 18.8 Å². The zero-order valence-corrected chi connectivity index (χ0v) is 12.2. The maximum Gasteiger partial charge on any atom is 0.233 e. The molecule has 0 unspecified atom stereocenters. The Morgan fingerprint density at radius 1 is 1.05 bits per heavy atom. The number of aryl methyl sites for hydroxylation is 1. The van der Waals surface area contributed by atoms with Crippen LogP contribution in [0.4, 0.5) is 10.1 Å². The average molecular weight is 300 g/mol. The lowest BCUT2D eigenvalue weighted by molar-refractivity contribution is -0.126. The lowest BCUT2D eigenvalue weighted by Crippen LogP contribution is -2.28. The molecule has 0 atom stereocenters. The van der Waals surface area contributed by atoms with E-state index < -0.39 is 11.8 Å². The number of amides is 2. The molecule has 2 aromatic carbocycles. The van der Waals surface area contributed by atoms with Crippen molar-refractivity contribution < 1.29 is 14.0 Å². The Hall–Kier alpha value is -2.69. The molecule has 4 nitrogen and oxygen atoms in total. The fourth-order valence-corrected chi connectivity index (χ4v) is 1.97. The summed E-state index contributed by atoms with van der Waals surface area (Å²) < 4.78 is 13.4. The summed E-state index contributed by atoms with van der Waals surface area (Å²) in [6.07, 6.45) is -0.303. The Kier molecular flexibility index (Phi) is 5.25. The van der Waals surface area contributed by atoms with Crippen LogP contribution in [-0.4, -0.2) is 11.8 Å². The smallest absolute Gasteiger partial charge is 0.233 e. The molecule has 0 saturated heterocycles. The van der Waals surface area contributed by atoms with Crippen LogP contribution in [0.1, 0.15) is 17.5 Å². The predicted octanol–water partition coefficient (Wildman–Crippen LogP) is 2.78. The van der Waals surface area contributed by atoms with Crippen molar-refractivity contribution in [1.82, 2.24) is 5.32 Å². The molecule has 0 saturated carbocycles. The summed E-state index contributed by atoms with van der Waals surface area (Å²) in [6.45, 7) is 1.97. The van der Waals surface area contributed by atoms with Crippen LogP contribution in [0.25, 0.3) is 0 Å². The molecule has 22 heavy (non-hydrogen) atoms. The fraction of sp³-hybridized carbons (Fsp3) is 0.176. The van der Waals surface area contributed by atoms with Crippen LogP contribution in [0.2, 0.25) is 0 Å². The van der Waals surface area contributed by atoms with Crippen molar-refractivity contribution >= 4 is 17.5 Å². The number of hydrogen-bond donors (Lipinski definition) is 2. The monoisotopic (exact) mass is 300 g/mol. The van der Waals surface area contributed by atoms with E-state index in [1.54, 1.807) is 24.3 Å². The van der Waals surface area contributed by atoms with Crippen molar-refractivity contribution in [3.63, 3.8) is 0 Å². The number of hydrogen-bond acceptors (Lipinski definition) is 2. The Balaban J connectivity index is 1.82. The summed E-state index contributed by atoms with van der Waals surface area (Å²) in [5, 5.41) is 5.18. The first kappa shape index (κ1) is 15.7. The predicted molar refractivity (Wildman–Crippen MR) is 82.7 cm³/mol. The van der Waals surface area contributed by atoms with E-state index in [9.17, 15) is 14.0 Å². The summed E-state index contributed by atoms with van der Waals surface area (Å²) in [7, 11) is 0. The quantitative estimate of drug-likeness (QED) is 0.834. The van der Waals surface area contributed by atoms with E-state index in [0.29, 0.717) is 11.3 Å². The van der Waals surface area contributed by atoms with E-state index in [2.05, 4.69) is 10.6 Å². The highest BCUT2D eigenvalue weighted by Crippen LogP contribution is 2.10. The van der Waals surface area contributed by atoms with Gasteiger partial charge in [-0.1, -0.05) is 30.3 Å². The van der Waals surface area contributed by atoms with Gasteiger partial charge in [-0.2, -0.15) is 0 Å². The Labute approximate surface area is 128 Å². The minimum absolute atomic E-state index is 0.0588. The second-order valence-electron chi connectivity index (χ2n) is 4.96. The molecule has 0 aromatic heterocycles. The van der Waals surface area contributed by atoms with Gasteiger partial charge in [0.2, 0.25) is 11.8 Å². The zero-order valence-electron chi connectivity index (χ0n) is 12.2. The third kappa shape index (κ3) is 4.70. The number of carbonyl (C=O) groups is 2. The summed E-state index contributed by atoms with van der Waals surface area (Å²) >= 11 is 0. The second kappa shape index (κ2) is 7.36. The number of halogens is 1. The second-order valence-corrected chi connectivity index (χ2v) is 4.96. The van der Waals surface area contributed by atoms with Crippen molar-refractivity contribution in [2.45, 2.75) is 19.9 Å². The molecule has 0 aliphatic carbocycles. The van der Waals surface area contributed by atoms with E-state index in [1.165, 1.54) is 6.07 Å². The molecule has 2 rings (SSSR count). The minimum Gasteiger partial charge on any atom is -0.351 e. The first-order valence-electron chi connectivity index (χ1n) is 6.91. The number of anilines is 1. The molecule has 0 aliphatic rings. The number of carbonyl (C=O) groups excluding carboxylic acids is 2. The molecule has 2 amide bonds. The van der Waals surface area contributed by atoms with Crippen LogP contribution in [-0.2, 0) is 16.1 Å². The van der Waals surface area contributed by atoms with Crippen LogP contribution in [0.3, 0.4) is 0 Å². The lowest BCUT2D eigenvalue weighted by Gasteiger charge is -2.08. The van der Waals surface area contributed by atoms with Gasteiger partial charge in [0.15, 0.2) is 0 Å². The fourth-order valence-electron chi connectivity index (χ4n) is 1.97. The van der Waals surface area contributed by atoms with Crippen LogP contribution in [0.15, 0.2) is 48.5 Å². The molecule has 2 N–H and O–H groups in total. The van der Waals surface area contributed by atoms with Crippen LogP contribution >= 0.6 is 0 Å². The van der Waals surface area contributed by atoms with Gasteiger partial charge >= 0.3 is 0 Å². The van der Waals surface area contributed by atoms with Gasteiger partial charge in [-0.25, -0.2) is 4.39 Å². The minimum atomic E-state index is -0.451. The maximum absolute atomic E-state index is 13.4. The molecule has 0 radical (unpaired) electrons. The number of benzene rings is 2. The van der Waals surface area contributed by atoms with Gasteiger partial charge in [0.25, 0.3) is 0 Å². The Morgan fingerprint density at radius 3 is 2.55 bits per heavy atom. The highest BCUT2D eigenvalue weighted by atomic mass is 19.1. The van der Waals surface area contributed by atoms with Gasteiger partial charge in [-0.3, -0.25) is 9.59 Å². The molecule has 0 heterocycles. The first-order chi connectivity index (χ1) is 10.5. The van der Waals surface area contributed by atoms with Gasteiger partial charge in [-0.15, -0.1) is 0 Å². The maximum atomic E-state index is 13.4. The topological polar surface area (TPSA) is 58.2 Å². The standard InChI is InChI=1S/C17H17FN2O2/c1-12-5-4-7-14(9-12)20-17(22)10-16(21)19-11-13-6-2-3-8-15(13)18/h2-9H,10-11H2,1H3,(H,19,21)(H,20,22). The van der Waals surface area contributed by atoms with Crippen molar-refractivity contribution in [3.8, 4) is 0 Å². The molecular formula is C17H17FN2O2. The molecule has 0 aliphatic heterocycles. The van der Waals surface area contributed by atoms with Crippen LogP contribution in [0.5, 0.6) is 0 Å². The number of nitrogens with one attached hydrogen (secondary N) is 2. The van der Waals surface area contributed by atoms with E-state index in [1.807, 2.05) is 25.1 Å². The molecule has 0 spiro atoms. The van der Waals surface area contributed by atoms with Crippen LogP contribution < -0.4 is 10.6 Å². The molecule has 0 fully saturated rings. The van der Waals surface area contributed by atoms with E-state index in [4.69, 9.17) is 0 Å². The molecule has 5 heteroatoms. The van der Waals surface area contributed by atoms with Gasteiger partial charge in [0.05, 0.1) is 0 Å². The summed E-state index contributed by atoms with van der Waals surface area (Å²) in [5.74, 6) is -1.24. The van der Waals surface area contributed by atoms with Crippen LogP contribution in [0, 0.1) is 12.7 Å². The first-order valence-corrected chi connectivity index (χ1v) is 6.91. The van der Waals surface area contributed by atoms with Gasteiger partial charge in [0, 0.05) is 17.8 Å². The highest BCUT2D eigenvalue weighted by Gasteiger charge is 2.10. The molecule has 2 aromatic rings. The van der Waals surface area contributed by atoms with Gasteiger partial charge in [-0.05, 0) is 30.7 Å². The largest absolute Gasteiger partial charge is 0.351 e. The van der Waals surface area contributed by atoms with Crippen molar-refractivity contribution in [2.75, 3.05) is 5.32 Å². The molecule has 0 bridgehead atoms. The zero-order chi connectivity index (χ0) is 15.9. The SMILES string of the molecule is Cc1cccc(NC(=O)CC(=O)NCc2ccccc2F)c1. The highest BCUT2D eigenvalue weighted by molar-refractivity contribution is 6.03. The third-order valence-corrected chi connectivity index (χ3v) is 3.06. The average Bonchev–Trinajstić information content (AvgIpc) is 2.46. The Morgan fingerprint density at radius 2 is 1.82 bits per heavy atom. The molecular weight excluding hydrogens is 283 g/mol. The summed E-state index contributed by atoms with van der Waals surface area (Å²) in [5.41, 5.74) is 2.05. The summed E-state index contributed by atoms with van der Waals surface area (Å²) in [6, 6.07) is 13.5. The van der Waals surface area contributed by atoms with E-state index >= 15 is 0 Å². The third-order valence-electron chi connectivity index (χ3n) is 3.06. The van der Waals surface area contributed by atoms with E-state index in [0.717, 1.165) is 5.56 Å². The van der Waals surface area contributed by atoms with Gasteiger partial charge < -0.3 is 10.6 Å². The summed E-state index contributed by atoms with van der Waals surface area (Å²) in [4.78, 5) is 23.5. The molecule has 114 valence electrons. The Bertz CT molecular complexity index is 686. The lowest BCUT2D eigenvalue weighted by atomic mass is 10.2. The van der Waals surface area contributed by atoms with Gasteiger partial charge in [0.1, 0.15) is 12.2 Å². The number of rotatable bonds is 5. The van der Waals surface area contributed by atoms with Crippen molar-refractivity contribution in [2.24, 2.45) is 0 Å². The normalized spacial score (nSPS) is 10.1. The van der Waals surface area contributed by atoms with Crippen molar-refractivity contribution in [1.29, 1.82) is 0 Å². The van der Waals surface area contributed by atoms with Crippen molar-refractivity contribution in [3.05, 3.63) is 65.5 Å².